The fourth-order valence-electron chi connectivity index (χ4n) is 2.35. The lowest BCUT2D eigenvalue weighted by molar-refractivity contribution is -0.296. The van der Waals surface area contributed by atoms with Crippen LogP contribution in [0.1, 0.15) is 45.4 Å². The van der Waals surface area contributed by atoms with Crippen LogP contribution < -0.4 is 0 Å². The Morgan fingerprint density at radius 2 is 1.60 bits per heavy atom. The summed E-state index contributed by atoms with van der Waals surface area (Å²) >= 11 is 0. The molecular weight excluding hydrogens is 264 g/mol. The van der Waals surface area contributed by atoms with Crippen LogP contribution in [0.5, 0.6) is 0 Å². The number of ether oxygens (including phenoxy) is 2. The topological polar surface area (TPSA) is 99.4 Å². The fourth-order valence-corrected chi connectivity index (χ4v) is 2.35. The highest BCUT2D eigenvalue weighted by Gasteiger charge is 2.44. The highest BCUT2D eigenvalue weighted by Crippen LogP contribution is 2.22. The van der Waals surface area contributed by atoms with Gasteiger partial charge in [0.15, 0.2) is 6.29 Å². The first-order valence-corrected chi connectivity index (χ1v) is 7.54. The van der Waals surface area contributed by atoms with Gasteiger partial charge in [0.25, 0.3) is 0 Å². The minimum atomic E-state index is -1.33. The second kappa shape index (κ2) is 9.65. The molecule has 0 aromatic carbocycles. The van der Waals surface area contributed by atoms with Gasteiger partial charge in [0, 0.05) is 6.61 Å². The molecule has 1 rings (SSSR count). The van der Waals surface area contributed by atoms with Crippen LogP contribution in [-0.2, 0) is 9.47 Å². The van der Waals surface area contributed by atoms with Crippen LogP contribution in [0.15, 0.2) is 0 Å². The maximum absolute atomic E-state index is 9.86. The second-order valence-corrected chi connectivity index (χ2v) is 5.33. The predicted octanol–water partition coefficient (Wildman–Crippen LogP) is 0.163. The van der Waals surface area contributed by atoms with Gasteiger partial charge in [-0.3, -0.25) is 0 Å². The average molecular weight is 292 g/mol. The standard InChI is InChI=1S/C14H28O6/c1-2-3-4-5-6-7-8-19-13-12(17)11(16)10(9-15)20-14(13)18/h10-18H,2-9H2,1H3/t10-,11-,12+,13+,14+/m1/s1. The third-order valence-corrected chi connectivity index (χ3v) is 3.65. The van der Waals surface area contributed by atoms with Crippen molar-refractivity contribution in [3.8, 4) is 0 Å². The van der Waals surface area contributed by atoms with E-state index in [0.717, 1.165) is 19.3 Å². The Morgan fingerprint density at radius 3 is 2.25 bits per heavy atom. The Bertz CT molecular complexity index is 250. The summed E-state index contributed by atoms with van der Waals surface area (Å²) in [5, 5.41) is 38.2. The minimum Gasteiger partial charge on any atom is -0.394 e. The van der Waals surface area contributed by atoms with Crippen molar-refractivity contribution < 1.29 is 29.9 Å². The SMILES string of the molecule is CCCCCCCCO[C@H]1[C@@H](O)[C@H](O)[C@@H](CO)O[C@@H]1O. The second-order valence-electron chi connectivity index (χ2n) is 5.33. The van der Waals surface area contributed by atoms with E-state index in [1.54, 1.807) is 0 Å². The lowest BCUT2D eigenvalue weighted by Crippen LogP contribution is -2.59. The van der Waals surface area contributed by atoms with Crippen molar-refractivity contribution in [3.05, 3.63) is 0 Å². The highest BCUT2D eigenvalue weighted by molar-refractivity contribution is 4.89. The number of unbranched alkanes of at least 4 members (excludes halogenated alkanes) is 5. The summed E-state index contributed by atoms with van der Waals surface area (Å²) in [4.78, 5) is 0. The number of hydrogen-bond acceptors (Lipinski definition) is 6. The van der Waals surface area contributed by atoms with Crippen molar-refractivity contribution in [2.24, 2.45) is 0 Å². The van der Waals surface area contributed by atoms with Gasteiger partial charge in [-0.2, -0.15) is 0 Å². The number of hydrogen-bond donors (Lipinski definition) is 4. The van der Waals surface area contributed by atoms with E-state index in [2.05, 4.69) is 6.92 Å². The van der Waals surface area contributed by atoms with Crippen molar-refractivity contribution >= 4 is 0 Å². The first kappa shape index (κ1) is 17.8. The maximum Gasteiger partial charge on any atom is 0.184 e. The Kier molecular flexibility index (Phi) is 8.60. The molecule has 20 heavy (non-hydrogen) atoms. The molecule has 0 radical (unpaired) electrons. The predicted molar refractivity (Wildman–Crippen MR) is 73.1 cm³/mol. The van der Waals surface area contributed by atoms with Crippen molar-refractivity contribution in [2.45, 2.75) is 76.2 Å². The summed E-state index contributed by atoms with van der Waals surface area (Å²) in [6.07, 6.45) is 0.920. The zero-order valence-corrected chi connectivity index (χ0v) is 12.1. The number of rotatable bonds is 9. The van der Waals surface area contributed by atoms with Gasteiger partial charge in [-0.25, -0.2) is 0 Å². The molecule has 1 fully saturated rings. The smallest absolute Gasteiger partial charge is 0.184 e. The van der Waals surface area contributed by atoms with Crippen molar-refractivity contribution in [2.75, 3.05) is 13.2 Å². The van der Waals surface area contributed by atoms with Crippen LogP contribution in [0.4, 0.5) is 0 Å². The van der Waals surface area contributed by atoms with Crippen LogP contribution in [0.25, 0.3) is 0 Å². The largest absolute Gasteiger partial charge is 0.394 e. The summed E-state index contributed by atoms with van der Waals surface area (Å²) in [6, 6.07) is 0. The van der Waals surface area contributed by atoms with E-state index in [1.807, 2.05) is 0 Å². The average Bonchev–Trinajstić information content (AvgIpc) is 2.45. The zero-order chi connectivity index (χ0) is 15.0. The molecule has 6 heteroatoms. The van der Waals surface area contributed by atoms with Crippen LogP contribution in [0, 0.1) is 0 Å². The van der Waals surface area contributed by atoms with E-state index in [0.29, 0.717) is 6.61 Å². The molecule has 0 amide bonds. The first-order chi connectivity index (χ1) is 9.61. The molecule has 0 aromatic rings. The molecule has 0 spiro atoms. The Morgan fingerprint density at radius 1 is 0.950 bits per heavy atom. The molecule has 1 heterocycles. The Labute approximate surface area is 120 Å². The van der Waals surface area contributed by atoms with Gasteiger partial charge in [-0.1, -0.05) is 39.0 Å². The van der Waals surface area contributed by atoms with Crippen LogP contribution >= 0.6 is 0 Å². The molecular formula is C14H28O6. The monoisotopic (exact) mass is 292 g/mol. The highest BCUT2D eigenvalue weighted by atomic mass is 16.7. The molecule has 5 atom stereocenters. The summed E-state index contributed by atoms with van der Waals surface area (Å²) < 4.78 is 10.4. The van der Waals surface area contributed by atoms with Gasteiger partial charge < -0.3 is 29.9 Å². The molecule has 0 saturated carbocycles. The van der Waals surface area contributed by atoms with Gasteiger partial charge in [0.05, 0.1) is 6.61 Å². The lowest BCUT2D eigenvalue weighted by Gasteiger charge is -2.39. The molecule has 0 bridgehead atoms. The molecule has 4 N–H and O–H groups in total. The van der Waals surface area contributed by atoms with Crippen molar-refractivity contribution in [1.82, 2.24) is 0 Å². The van der Waals surface area contributed by atoms with Gasteiger partial charge >= 0.3 is 0 Å². The maximum atomic E-state index is 9.86. The van der Waals surface area contributed by atoms with E-state index >= 15 is 0 Å². The molecule has 1 aliphatic heterocycles. The minimum absolute atomic E-state index is 0.408. The van der Waals surface area contributed by atoms with Gasteiger partial charge in [0.1, 0.15) is 24.4 Å². The van der Waals surface area contributed by atoms with Crippen molar-refractivity contribution in [3.63, 3.8) is 0 Å². The Hall–Kier alpha value is -0.240. The fraction of sp³-hybridized carbons (Fsp3) is 1.00. The normalized spacial score (nSPS) is 34.4. The van der Waals surface area contributed by atoms with Gasteiger partial charge in [-0.15, -0.1) is 0 Å². The zero-order valence-electron chi connectivity index (χ0n) is 12.1. The summed E-state index contributed by atoms with van der Waals surface area (Å²) in [5.41, 5.74) is 0. The molecule has 0 aliphatic carbocycles. The molecule has 0 aromatic heterocycles. The summed E-state index contributed by atoms with van der Waals surface area (Å²) in [7, 11) is 0. The molecule has 0 unspecified atom stereocenters. The third kappa shape index (κ3) is 5.27. The molecule has 120 valence electrons. The lowest BCUT2D eigenvalue weighted by atomic mass is 9.99. The summed E-state index contributed by atoms with van der Waals surface area (Å²) in [5.74, 6) is 0. The first-order valence-electron chi connectivity index (χ1n) is 7.54. The molecule has 6 nitrogen and oxygen atoms in total. The van der Waals surface area contributed by atoms with Crippen LogP contribution in [0.3, 0.4) is 0 Å². The van der Waals surface area contributed by atoms with E-state index in [-0.39, 0.29) is 0 Å². The van der Waals surface area contributed by atoms with Gasteiger partial charge in [-0.05, 0) is 6.42 Å². The van der Waals surface area contributed by atoms with E-state index in [1.165, 1.54) is 19.3 Å². The van der Waals surface area contributed by atoms with Crippen LogP contribution in [-0.4, -0.2) is 64.3 Å². The molecule has 1 saturated heterocycles. The van der Waals surface area contributed by atoms with Gasteiger partial charge in [0.2, 0.25) is 0 Å². The quantitative estimate of drug-likeness (QED) is 0.452. The van der Waals surface area contributed by atoms with E-state index in [9.17, 15) is 15.3 Å². The number of aliphatic hydroxyl groups is 4. The number of aliphatic hydroxyl groups excluding tert-OH is 4. The van der Waals surface area contributed by atoms with Crippen molar-refractivity contribution in [1.29, 1.82) is 0 Å². The third-order valence-electron chi connectivity index (χ3n) is 3.65. The summed E-state index contributed by atoms with van der Waals surface area (Å²) in [6.45, 7) is 2.12. The van der Waals surface area contributed by atoms with E-state index < -0.39 is 37.3 Å². The van der Waals surface area contributed by atoms with Crippen LogP contribution in [0.2, 0.25) is 0 Å². The molecule has 1 aliphatic rings. The Balaban J connectivity index is 2.22. The van der Waals surface area contributed by atoms with E-state index in [4.69, 9.17) is 14.6 Å².